The van der Waals surface area contributed by atoms with Crippen LogP contribution in [-0.4, -0.2) is 9.52 Å². The van der Waals surface area contributed by atoms with Gasteiger partial charge in [-0.2, -0.15) is 0 Å². The Bertz CT molecular complexity index is 619. The summed E-state index contributed by atoms with van der Waals surface area (Å²) in [6.45, 7) is 2.31. The molecule has 1 heteroatoms. The fourth-order valence-electron chi connectivity index (χ4n) is 2.75. The lowest BCUT2D eigenvalue weighted by Gasteiger charge is -2.43. The normalized spacial score (nSPS) is 22.5. The first-order valence-electron chi connectivity index (χ1n) is 6.37. The molecule has 0 amide bonds. The van der Waals surface area contributed by atoms with Crippen molar-refractivity contribution < 1.29 is 0 Å². The van der Waals surface area contributed by atoms with E-state index in [2.05, 4.69) is 73.3 Å². The van der Waals surface area contributed by atoms with Crippen LogP contribution in [0.15, 0.2) is 66.8 Å². The Morgan fingerprint density at radius 1 is 1.00 bits per heavy atom. The molecular formula is C17H16Si-. The molecule has 1 radical (unpaired) electrons. The van der Waals surface area contributed by atoms with E-state index >= 15 is 0 Å². The fourth-order valence-corrected chi connectivity index (χ4v) is 3.83. The van der Waals surface area contributed by atoms with Crippen LogP contribution < -0.4 is 0 Å². The summed E-state index contributed by atoms with van der Waals surface area (Å²) in [6, 6.07) is 15.4. The van der Waals surface area contributed by atoms with Crippen LogP contribution in [0.3, 0.4) is 0 Å². The van der Waals surface area contributed by atoms with Crippen molar-refractivity contribution in [2.45, 2.75) is 18.0 Å². The first-order valence-corrected chi connectivity index (χ1v) is 7.87. The summed E-state index contributed by atoms with van der Waals surface area (Å²) in [6.07, 6.45) is 10.1. The molecule has 0 aliphatic heterocycles. The predicted octanol–water partition coefficient (Wildman–Crippen LogP) is 4.30. The molecule has 0 N–H and O–H groups in total. The monoisotopic (exact) mass is 248 g/mol. The van der Waals surface area contributed by atoms with E-state index in [1.807, 2.05) is 0 Å². The van der Waals surface area contributed by atoms with Gasteiger partial charge in [0.1, 0.15) is 0 Å². The maximum Gasteiger partial charge on any atom is -0.0175 e. The number of rotatable bonds is 2. The lowest BCUT2D eigenvalue weighted by atomic mass is 9.87. The summed E-state index contributed by atoms with van der Waals surface area (Å²) in [5.74, 6) is 0. The van der Waals surface area contributed by atoms with Crippen LogP contribution in [0.4, 0.5) is 0 Å². The number of hydrogen-bond donors (Lipinski definition) is 0. The van der Waals surface area contributed by atoms with Crippen molar-refractivity contribution in [3.63, 3.8) is 0 Å². The van der Waals surface area contributed by atoms with Crippen molar-refractivity contribution in [3.8, 4) is 0 Å². The van der Waals surface area contributed by atoms with Crippen molar-refractivity contribution >= 4 is 20.3 Å². The minimum absolute atomic E-state index is 0.204. The van der Waals surface area contributed by atoms with Gasteiger partial charge in [0.25, 0.3) is 0 Å². The molecule has 18 heavy (non-hydrogen) atoms. The molecule has 0 nitrogen and oxygen atoms in total. The first kappa shape index (κ1) is 11.5. The second-order valence-electron chi connectivity index (χ2n) is 4.74. The molecule has 0 saturated carbocycles. The van der Waals surface area contributed by atoms with Gasteiger partial charge in [-0.25, -0.2) is 6.55 Å². The van der Waals surface area contributed by atoms with E-state index < -0.39 is 0 Å². The molecule has 0 saturated heterocycles. The van der Waals surface area contributed by atoms with Gasteiger partial charge in [0.2, 0.25) is 0 Å². The molecule has 2 aromatic rings. The number of benzene rings is 2. The highest BCUT2D eigenvalue weighted by Crippen LogP contribution is 2.36. The number of allylic oxidation sites excluding steroid dienone is 4. The molecule has 0 bridgehead atoms. The summed E-state index contributed by atoms with van der Waals surface area (Å²) >= 11 is 0. The lowest BCUT2D eigenvalue weighted by molar-refractivity contribution is 0.758. The highest BCUT2D eigenvalue weighted by atomic mass is 28.2. The van der Waals surface area contributed by atoms with Gasteiger partial charge in [0.15, 0.2) is 0 Å². The van der Waals surface area contributed by atoms with Crippen molar-refractivity contribution in [1.82, 2.24) is 0 Å². The van der Waals surface area contributed by atoms with Crippen molar-refractivity contribution in [1.29, 1.82) is 0 Å². The zero-order valence-corrected chi connectivity index (χ0v) is 11.6. The van der Waals surface area contributed by atoms with E-state index in [-0.39, 0.29) is 5.04 Å². The van der Waals surface area contributed by atoms with Crippen molar-refractivity contribution in [2.75, 3.05) is 0 Å². The highest BCUT2D eigenvalue weighted by Gasteiger charge is 2.18. The number of hydrogen-bond acceptors (Lipinski definition) is 0. The molecule has 0 fully saturated rings. The molecule has 0 aromatic heterocycles. The minimum Gasteiger partial charge on any atom is -0.414 e. The first-order chi connectivity index (χ1) is 8.86. The summed E-state index contributed by atoms with van der Waals surface area (Å²) < 4.78 is 0. The van der Waals surface area contributed by atoms with Gasteiger partial charge in [-0.3, -0.25) is 0 Å². The third-order valence-corrected chi connectivity index (χ3v) is 5.32. The minimum atomic E-state index is 0.204. The third-order valence-electron chi connectivity index (χ3n) is 3.78. The van der Waals surface area contributed by atoms with E-state index in [4.69, 9.17) is 0 Å². The number of fused-ring (bicyclic) bond motifs is 1. The topological polar surface area (TPSA) is 0 Å². The SMILES string of the molecule is C[Si-]C1(c2cccc3ccccc23)C=CC=CC1. The Balaban J connectivity index is 2.24. The maximum atomic E-state index is 2.38. The molecule has 1 atom stereocenters. The van der Waals surface area contributed by atoms with Gasteiger partial charge in [-0.1, -0.05) is 72.7 Å². The van der Waals surface area contributed by atoms with E-state index in [9.17, 15) is 0 Å². The van der Waals surface area contributed by atoms with Crippen molar-refractivity contribution in [3.05, 3.63) is 72.3 Å². The molecule has 1 aliphatic carbocycles. The Morgan fingerprint density at radius 3 is 2.61 bits per heavy atom. The molecule has 89 valence electrons. The van der Waals surface area contributed by atoms with Gasteiger partial charge in [0, 0.05) is 0 Å². The van der Waals surface area contributed by atoms with E-state index in [1.165, 1.54) is 16.3 Å². The van der Waals surface area contributed by atoms with Crippen LogP contribution in [-0.2, 0) is 5.04 Å². The fraction of sp³-hybridized carbons (Fsp3) is 0.176. The third kappa shape index (κ3) is 1.75. The largest absolute Gasteiger partial charge is 0.414 e. The molecule has 0 spiro atoms. The Labute approximate surface area is 111 Å². The highest BCUT2D eigenvalue weighted by molar-refractivity contribution is 6.40. The van der Waals surface area contributed by atoms with Gasteiger partial charge in [-0.15, -0.1) is 11.1 Å². The predicted molar refractivity (Wildman–Crippen MR) is 80.1 cm³/mol. The molecule has 1 unspecified atom stereocenters. The Hall–Kier alpha value is -1.60. The van der Waals surface area contributed by atoms with Crippen LogP contribution in [0.2, 0.25) is 6.55 Å². The van der Waals surface area contributed by atoms with Crippen molar-refractivity contribution in [2.24, 2.45) is 0 Å². The second-order valence-corrected chi connectivity index (χ2v) is 6.13. The van der Waals surface area contributed by atoms with Crippen LogP contribution in [0.25, 0.3) is 10.8 Å². The molecular weight excluding hydrogens is 232 g/mol. The van der Waals surface area contributed by atoms with E-state index in [1.54, 1.807) is 0 Å². The van der Waals surface area contributed by atoms with Gasteiger partial charge < -0.3 is 9.52 Å². The summed E-state index contributed by atoms with van der Waals surface area (Å²) in [7, 11) is 0.880. The zero-order chi connectivity index (χ0) is 12.4. The Morgan fingerprint density at radius 2 is 1.83 bits per heavy atom. The quantitative estimate of drug-likeness (QED) is 0.695. The summed E-state index contributed by atoms with van der Waals surface area (Å²) in [5.41, 5.74) is 1.47. The summed E-state index contributed by atoms with van der Waals surface area (Å²) in [5, 5.41) is 2.94. The standard InChI is InChI=1S/C17H16Si/c1-18-17(12-5-2-6-13-17)16-11-7-9-14-8-3-4-10-15(14)16/h2-12H,13H2,1H3/q-1. The van der Waals surface area contributed by atoms with Gasteiger partial charge in [0.05, 0.1) is 0 Å². The maximum absolute atomic E-state index is 2.38. The van der Waals surface area contributed by atoms with Crippen LogP contribution >= 0.6 is 0 Å². The van der Waals surface area contributed by atoms with E-state index in [0.717, 1.165) is 15.9 Å². The van der Waals surface area contributed by atoms with Crippen LogP contribution in [0.5, 0.6) is 0 Å². The lowest BCUT2D eigenvalue weighted by Crippen LogP contribution is -2.30. The van der Waals surface area contributed by atoms with Crippen LogP contribution in [0.1, 0.15) is 12.0 Å². The molecule has 0 heterocycles. The average Bonchev–Trinajstić information content (AvgIpc) is 2.47. The molecule has 2 aromatic carbocycles. The van der Waals surface area contributed by atoms with E-state index in [0.29, 0.717) is 0 Å². The zero-order valence-electron chi connectivity index (χ0n) is 10.6. The molecule has 1 aliphatic rings. The second kappa shape index (κ2) is 4.58. The smallest absolute Gasteiger partial charge is 0.0175 e. The average molecular weight is 248 g/mol. The Kier molecular flexibility index (Phi) is 2.92. The van der Waals surface area contributed by atoms with Gasteiger partial charge in [-0.05, 0) is 10.8 Å². The van der Waals surface area contributed by atoms with Crippen LogP contribution in [0, 0.1) is 0 Å². The van der Waals surface area contributed by atoms with Gasteiger partial charge >= 0.3 is 0 Å². The molecule has 3 rings (SSSR count). The summed E-state index contributed by atoms with van der Waals surface area (Å²) in [4.78, 5) is 0.